The molecule has 0 aromatic heterocycles. The van der Waals surface area contributed by atoms with Crippen LogP contribution in [0, 0.1) is 11.8 Å². The predicted octanol–water partition coefficient (Wildman–Crippen LogP) is 2.60. The van der Waals surface area contributed by atoms with Crippen molar-refractivity contribution in [2.75, 3.05) is 26.4 Å². The molecule has 2 unspecified atom stereocenters. The quantitative estimate of drug-likeness (QED) is 0.837. The maximum Gasteiger partial charge on any atom is 0.0879 e. The van der Waals surface area contributed by atoms with Gasteiger partial charge in [0.25, 0.3) is 0 Å². The second-order valence-electron chi connectivity index (χ2n) is 6.50. The van der Waals surface area contributed by atoms with Crippen LogP contribution >= 0.6 is 0 Å². The third-order valence-electron chi connectivity index (χ3n) is 4.37. The van der Waals surface area contributed by atoms with Crippen molar-refractivity contribution in [3.8, 4) is 0 Å². The molecular weight excluding hydrogens is 226 g/mol. The third kappa shape index (κ3) is 3.46. The Morgan fingerprint density at radius 2 is 1.89 bits per heavy atom. The van der Waals surface area contributed by atoms with Gasteiger partial charge in [0.05, 0.1) is 12.2 Å². The smallest absolute Gasteiger partial charge is 0.0879 e. The molecule has 3 nitrogen and oxygen atoms in total. The summed E-state index contributed by atoms with van der Waals surface area (Å²) < 4.78 is 11.7. The molecule has 106 valence electrons. The Hall–Kier alpha value is -0.120. The van der Waals surface area contributed by atoms with Crippen LogP contribution in [-0.4, -0.2) is 38.0 Å². The minimum atomic E-state index is 0.0573. The van der Waals surface area contributed by atoms with Crippen molar-refractivity contribution in [2.24, 2.45) is 11.8 Å². The Labute approximate surface area is 112 Å². The molecule has 0 amide bonds. The summed E-state index contributed by atoms with van der Waals surface area (Å²) in [5.41, 5.74) is 0.0573. The zero-order chi connectivity index (χ0) is 13.0. The van der Waals surface area contributed by atoms with E-state index in [-0.39, 0.29) is 5.60 Å². The van der Waals surface area contributed by atoms with Crippen LogP contribution in [0.15, 0.2) is 0 Å². The van der Waals surface area contributed by atoms with Gasteiger partial charge in [-0.1, -0.05) is 20.8 Å². The minimum absolute atomic E-state index is 0.0573. The van der Waals surface area contributed by atoms with Crippen molar-refractivity contribution in [1.82, 2.24) is 5.32 Å². The number of rotatable bonds is 4. The van der Waals surface area contributed by atoms with E-state index >= 15 is 0 Å². The number of morpholine rings is 1. The molecule has 2 saturated heterocycles. The van der Waals surface area contributed by atoms with E-state index in [2.05, 4.69) is 26.1 Å². The average Bonchev–Trinajstić information content (AvgIpc) is 2.32. The van der Waals surface area contributed by atoms with Crippen LogP contribution in [0.2, 0.25) is 0 Å². The molecule has 2 fully saturated rings. The fourth-order valence-corrected chi connectivity index (χ4v) is 3.59. The van der Waals surface area contributed by atoms with Gasteiger partial charge in [-0.15, -0.1) is 0 Å². The standard InChI is InChI=1S/C15H29NO2/c1-12(2)10-13(3)11-14-15(18-9-6-16-14)4-7-17-8-5-15/h12-14,16H,4-11H2,1-3H3. The molecule has 18 heavy (non-hydrogen) atoms. The van der Waals surface area contributed by atoms with Gasteiger partial charge in [0.15, 0.2) is 0 Å². The van der Waals surface area contributed by atoms with E-state index < -0.39 is 0 Å². The van der Waals surface area contributed by atoms with E-state index in [0.717, 1.165) is 51.0 Å². The van der Waals surface area contributed by atoms with Crippen molar-refractivity contribution in [2.45, 2.75) is 58.1 Å². The van der Waals surface area contributed by atoms with E-state index in [0.29, 0.717) is 6.04 Å². The zero-order valence-electron chi connectivity index (χ0n) is 12.2. The number of hydrogen-bond acceptors (Lipinski definition) is 3. The van der Waals surface area contributed by atoms with E-state index in [9.17, 15) is 0 Å². The van der Waals surface area contributed by atoms with E-state index in [1.807, 2.05) is 0 Å². The average molecular weight is 255 g/mol. The molecule has 1 spiro atoms. The molecule has 0 aliphatic carbocycles. The monoisotopic (exact) mass is 255 g/mol. The molecule has 0 bridgehead atoms. The highest BCUT2D eigenvalue weighted by Gasteiger charge is 2.43. The van der Waals surface area contributed by atoms with Gasteiger partial charge in [-0.05, 0) is 24.7 Å². The first-order valence-electron chi connectivity index (χ1n) is 7.57. The molecule has 2 rings (SSSR count). The summed E-state index contributed by atoms with van der Waals surface area (Å²) in [6, 6.07) is 0.517. The van der Waals surface area contributed by atoms with E-state index in [1.165, 1.54) is 12.8 Å². The van der Waals surface area contributed by atoms with Crippen molar-refractivity contribution in [3.63, 3.8) is 0 Å². The van der Waals surface area contributed by atoms with Crippen molar-refractivity contribution >= 4 is 0 Å². The van der Waals surface area contributed by atoms with Gasteiger partial charge in [0.1, 0.15) is 0 Å². The summed E-state index contributed by atoms with van der Waals surface area (Å²) >= 11 is 0. The summed E-state index contributed by atoms with van der Waals surface area (Å²) in [4.78, 5) is 0. The van der Waals surface area contributed by atoms with Gasteiger partial charge in [0.2, 0.25) is 0 Å². The Morgan fingerprint density at radius 3 is 2.56 bits per heavy atom. The maximum absolute atomic E-state index is 6.18. The second kappa shape index (κ2) is 6.36. The molecular formula is C15H29NO2. The topological polar surface area (TPSA) is 30.5 Å². The van der Waals surface area contributed by atoms with Crippen molar-refractivity contribution in [3.05, 3.63) is 0 Å². The van der Waals surface area contributed by atoms with Gasteiger partial charge in [-0.2, -0.15) is 0 Å². The lowest BCUT2D eigenvalue weighted by atomic mass is 9.79. The SMILES string of the molecule is CC(C)CC(C)CC1NCCOC12CCOCC2. The summed E-state index contributed by atoms with van der Waals surface area (Å²) in [5.74, 6) is 1.55. The zero-order valence-corrected chi connectivity index (χ0v) is 12.2. The molecule has 0 radical (unpaired) electrons. The van der Waals surface area contributed by atoms with Crippen LogP contribution in [0.4, 0.5) is 0 Å². The van der Waals surface area contributed by atoms with Crippen molar-refractivity contribution < 1.29 is 9.47 Å². The molecule has 2 atom stereocenters. The van der Waals surface area contributed by atoms with E-state index in [1.54, 1.807) is 0 Å². The molecule has 2 aliphatic rings. The maximum atomic E-state index is 6.18. The summed E-state index contributed by atoms with van der Waals surface area (Å²) in [6.45, 7) is 10.6. The number of hydrogen-bond donors (Lipinski definition) is 1. The van der Waals surface area contributed by atoms with Gasteiger partial charge in [-0.25, -0.2) is 0 Å². The lowest BCUT2D eigenvalue weighted by Crippen LogP contribution is -2.60. The van der Waals surface area contributed by atoms with Crippen LogP contribution in [0.1, 0.15) is 46.5 Å². The molecule has 2 aliphatic heterocycles. The first-order chi connectivity index (χ1) is 8.62. The Kier molecular flexibility index (Phi) is 5.05. The molecule has 1 N–H and O–H groups in total. The highest BCUT2D eigenvalue weighted by molar-refractivity contribution is 4.98. The summed E-state index contributed by atoms with van der Waals surface area (Å²) in [7, 11) is 0. The first-order valence-corrected chi connectivity index (χ1v) is 7.57. The second-order valence-corrected chi connectivity index (χ2v) is 6.50. The Bertz CT molecular complexity index is 241. The molecule has 3 heteroatoms. The number of ether oxygens (including phenoxy) is 2. The van der Waals surface area contributed by atoms with Gasteiger partial charge < -0.3 is 14.8 Å². The van der Waals surface area contributed by atoms with Crippen LogP contribution in [0.25, 0.3) is 0 Å². The molecule has 2 heterocycles. The highest BCUT2D eigenvalue weighted by atomic mass is 16.5. The fourth-order valence-electron chi connectivity index (χ4n) is 3.59. The highest BCUT2D eigenvalue weighted by Crippen LogP contribution is 2.34. The van der Waals surface area contributed by atoms with Crippen LogP contribution in [-0.2, 0) is 9.47 Å². The predicted molar refractivity (Wildman–Crippen MR) is 73.8 cm³/mol. The molecule has 0 saturated carbocycles. The normalized spacial score (nSPS) is 29.7. The molecule has 0 aromatic rings. The van der Waals surface area contributed by atoms with Crippen LogP contribution in [0.5, 0.6) is 0 Å². The fraction of sp³-hybridized carbons (Fsp3) is 1.00. The minimum Gasteiger partial charge on any atom is -0.381 e. The third-order valence-corrected chi connectivity index (χ3v) is 4.37. The van der Waals surface area contributed by atoms with Gasteiger partial charge in [-0.3, -0.25) is 0 Å². The Morgan fingerprint density at radius 1 is 1.17 bits per heavy atom. The lowest BCUT2D eigenvalue weighted by molar-refractivity contribution is -0.151. The first kappa shape index (κ1) is 14.3. The largest absolute Gasteiger partial charge is 0.381 e. The van der Waals surface area contributed by atoms with Gasteiger partial charge >= 0.3 is 0 Å². The number of nitrogens with one attached hydrogen (secondary N) is 1. The van der Waals surface area contributed by atoms with E-state index in [4.69, 9.17) is 9.47 Å². The Balaban J connectivity index is 1.94. The van der Waals surface area contributed by atoms with Crippen molar-refractivity contribution in [1.29, 1.82) is 0 Å². The lowest BCUT2D eigenvalue weighted by Gasteiger charge is -2.47. The summed E-state index contributed by atoms with van der Waals surface area (Å²) in [5, 5.41) is 3.70. The van der Waals surface area contributed by atoms with Gasteiger partial charge in [0, 0.05) is 38.6 Å². The molecule has 0 aromatic carbocycles. The van der Waals surface area contributed by atoms with Crippen LogP contribution in [0.3, 0.4) is 0 Å². The van der Waals surface area contributed by atoms with Crippen LogP contribution < -0.4 is 5.32 Å². The summed E-state index contributed by atoms with van der Waals surface area (Å²) in [6.07, 6.45) is 4.65.